The fraction of sp³-hybridized carbons (Fsp3) is 0.143. The molecule has 0 fully saturated rings. The molecule has 3 heterocycles. The number of hydrogen-bond acceptors (Lipinski definition) is 4. The molecule has 5 nitrogen and oxygen atoms in total. The zero-order chi connectivity index (χ0) is 23.3. The quantitative estimate of drug-likeness (QED) is 0.353. The molecule has 1 unspecified atom stereocenters. The minimum Gasteiger partial charge on any atom is -0.493 e. The summed E-state index contributed by atoms with van der Waals surface area (Å²) in [5.41, 5.74) is 3.38. The minimum atomic E-state index is -1.45. The first-order chi connectivity index (χ1) is 16.5. The summed E-state index contributed by atoms with van der Waals surface area (Å²) in [6.45, 7) is 0.458. The average Bonchev–Trinajstić information content (AvgIpc) is 3.30. The van der Waals surface area contributed by atoms with E-state index >= 15 is 0 Å². The van der Waals surface area contributed by atoms with Crippen molar-refractivity contribution < 1.29 is 9.84 Å². The van der Waals surface area contributed by atoms with Crippen molar-refractivity contribution in [3.63, 3.8) is 0 Å². The fourth-order valence-electron chi connectivity index (χ4n) is 4.80. The number of halogens is 1. The van der Waals surface area contributed by atoms with Crippen LogP contribution in [0.3, 0.4) is 0 Å². The number of aliphatic hydroxyl groups is 1. The van der Waals surface area contributed by atoms with E-state index in [-0.39, 0.29) is 0 Å². The number of benzene rings is 3. The lowest BCUT2D eigenvalue weighted by Crippen LogP contribution is -2.31. The summed E-state index contributed by atoms with van der Waals surface area (Å²) in [5, 5.41) is 15.1. The molecule has 0 saturated carbocycles. The van der Waals surface area contributed by atoms with Gasteiger partial charge in [-0.25, -0.2) is 4.98 Å². The summed E-state index contributed by atoms with van der Waals surface area (Å²) in [4.78, 5) is 9.00. The van der Waals surface area contributed by atoms with E-state index in [2.05, 4.69) is 4.98 Å². The van der Waals surface area contributed by atoms with Gasteiger partial charge in [0.15, 0.2) is 5.60 Å². The van der Waals surface area contributed by atoms with Crippen LogP contribution >= 0.6 is 11.6 Å². The van der Waals surface area contributed by atoms with Crippen molar-refractivity contribution in [1.29, 1.82) is 0 Å². The van der Waals surface area contributed by atoms with Crippen LogP contribution < -0.4 is 4.74 Å². The molecule has 0 spiro atoms. The maximum Gasteiger partial charge on any atom is 0.156 e. The lowest BCUT2D eigenvalue weighted by atomic mass is 9.81. The Labute approximate surface area is 202 Å². The molecule has 1 N–H and O–H groups in total. The van der Waals surface area contributed by atoms with Crippen LogP contribution in [0, 0.1) is 0 Å². The highest BCUT2D eigenvalue weighted by Crippen LogP contribution is 2.40. The lowest BCUT2D eigenvalue weighted by Gasteiger charge is -2.31. The molecule has 1 aliphatic heterocycles. The van der Waals surface area contributed by atoms with Gasteiger partial charge in [0.1, 0.15) is 5.75 Å². The van der Waals surface area contributed by atoms with Gasteiger partial charge in [-0.2, -0.15) is 0 Å². The maximum atomic E-state index is 12.5. The Morgan fingerprint density at radius 3 is 2.74 bits per heavy atom. The first kappa shape index (κ1) is 20.9. The lowest BCUT2D eigenvalue weighted by molar-refractivity contribution is 0.117. The summed E-state index contributed by atoms with van der Waals surface area (Å²) in [6, 6.07) is 21.6. The largest absolute Gasteiger partial charge is 0.493 e. The summed E-state index contributed by atoms with van der Waals surface area (Å²) in [6.07, 6.45) is 5.82. The molecule has 6 heteroatoms. The van der Waals surface area contributed by atoms with Crippen molar-refractivity contribution >= 4 is 22.4 Å². The molecule has 6 bridgehead atoms. The van der Waals surface area contributed by atoms with Crippen molar-refractivity contribution in [2.75, 3.05) is 6.61 Å². The van der Waals surface area contributed by atoms with Gasteiger partial charge in [-0.3, -0.25) is 4.98 Å². The Morgan fingerprint density at radius 1 is 1.03 bits per heavy atom. The summed E-state index contributed by atoms with van der Waals surface area (Å²) >= 11 is 6.55. The highest BCUT2D eigenvalue weighted by Gasteiger charge is 2.37. The predicted octanol–water partition coefficient (Wildman–Crippen LogP) is 5.51. The predicted molar refractivity (Wildman–Crippen MR) is 133 cm³/mol. The van der Waals surface area contributed by atoms with Gasteiger partial charge < -0.3 is 14.4 Å². The number of nitrogens with zero attached hydrogens (tertiary/aromatic N) is 3. The van der Waals surface area contributed by atoms with E-state index in [1.54, 1.807) is 12.5 Å². The standard InChI is InChI=1S/C28H22ClN3O2/c1-32-17-30-16-26(32)28(33)21-7-8-25(29)19(13-21)10-12-34-23-4-2-3-20(14-23)27-24-15-22(28)6-5-18(24)9-11-31-27/h2-9,11,13-17,33H,10,12H2,1H3. The van der Waals surface area contributed by atoms with Crippen LogP contribution in [0.1, 0.15) is 22.4 Å². The van der Waals surface area contributed by atoms with Crippen LogP contribution in [0.15, 0.2) is 85.5 Å². The third-order valence-electron chi connectivity index (χ3n) is 6.58. The van der Waals surface area contributed by atoms with E-state index in [4.69, 9.17) is 21.3 Å². The van der Waals surface area contributed by atoms with Gasteiger partial charge in [0.25, 0.3) is 0 Å². The number of aryl methyl sites for hydroxylation is 1. The number of pyridine rings is 1. The molecule has 0 radical (unpaired) electrons. The Kier molecular flexibility index (Phi) is 4.90. The van der Waals surface area contributed by atoms with Crippen molar-refractivity contribution in [2.24, 2.45) is 7.05 Å². The Bertz CT molecular complexity index is 1540. The number of rotatable bonds is 1. The Hall–Kier alpha value is -3.67. The number of hydrogen-bond donors (Lipinski definition) is 1. The second-order valence-corrected chi connectivity index (χ2v) is 9.04. The first-order valence-electron chi connectivity index (χ1n) is 11.1. The molecular formula is C28H22ClN3O2. The molecule has 34 heavy (non-hydrogen) atoms. The van der Waals surface area contributed by atoms with E-state index < -0.39 is 5.60 Å². The Morgan fingerprint density at radius 2 is 1.88 bits per heavy atom. The van der Waals surface area contributed by atoms with Crippen LogP contribution in [0.5, 0.6) is 5.75 Å². The zero-order valence-corrected chi connectivity index (χ0v) is 19.3. The van der Waals surface area contributed by atoms with Gasteiger partial charge in [-0.05, 0) is 52.4 Å². The molecule has 6 rings (SSSR count). The molecular weight excluding hydrogens is 446 g/mol. The SMILES string of the molecule is Cn1cncc1C1(O)c2ccc(Cl)c(c2)CCOc2cccc(c2)-c2nccc3ccc1cc23. The highest BCUT2D eigenvalue weighted by atomic mass is 35.5. The molecule has 0 amide bonds. The topological polar surface area (TPSA) is 60.2 Å². The fourth-order valence-corrected chi connectivity index (χ4v) is 5.01. The van der Waals surface area contributed by atoms with Gasteiger partial charge in [0.2, 0.25) is 0 Å². The highest BCUT2D eigenvalue weighted by molar-refractivity contribution is 6.31. The average molecular weight is 468 g/mol. The van der Waals surface area contributed by atoms with Crippen molar-refractivity contribution in [3.8, 4) is 17.0 Å². The molecule has 1 atom stereocenters. The van der Waals surface area contributed by atoms with Crippen molar-refractivity contribution in [2.45, 2.75) is 12.0 Å². The summed E-state index contributed by atoms with van der Waals surface area (Å²) in [5.74, 6) is 0.781. The third-order valence-corrected chi connectivity index (χ3v) is 6.95. The number of imidazole rings is 1. The molecule has 5 aromatic rings. The van der Waals surface area contributed by atoms with Crippen LogP contribution in [0.25, 0.3) is 22.0 Å². The molecule has 168 valence electrons. The van der Waals surface area contributed by atoms with Crippen molar-refractivity contribution in [1.82, 2.24) is 14.5 Å². The van der Waals surface area contributed by atoms with Crippen LogP contribution in [-0.2, 0) is 19.1 Å². The van der Waals surface area contributed by atoms with E-state index in [0.717, 1.165) is 44.5 Å². The first-order valence-corrected chi connectivity index (χ1v) is 11.5. The van der Waals surface area contributed by atoms with Crippen LogP contribution in [0.4, 0.5) is 0 Å². The van der Waals surface area contributed by atoms with E-state index in [9.17, 15) is 5.11 Å². The monoisotopic (exact) mass is 467 g/mol. The third kappa shape index (κ3) is 3.28. The normalized spacial score (nSPS) is 17.4. The smallest absolute Gasteiger partial charge is 0.156 e. The maximum absolute atomic E-state index is 12.5. The zero-order valence-electron chi connectivity index (χ0n) is 18.6. The van der Waals surface area contributed by atoms with Crippen LogP contribution in [0.2, 0.25) is 5.02 Å². The molecule has 0 saturated heterocycles. The number of ether oxygens (including phenoxy) is 1. The number of fused-ring (bicyclic) bond motifs is 6. The van der Waals surface area contributed by atoms with Gasteiger partial charge >= 0.3 is 0 Å². The summed E-state index contributed by atoms with van der Waals surface area (Å²) < 4.78 is 7.92. The van der Waals surface area contributed by atoms with Gasteiger partial charge in [0, 0.05) is 35.6 Å². The van der Waals surface area contributed by atoms with Gasteiger partial charge in [-0.1, -0.05) is 48.0 Å². The van der Waals surface area contributed by atoms with Gasteiger partial charge in [0.05, 0.1) is 30.5 Å². The molecule has 2 aromatic heterocycles. The second kappa shape index (κ2) is 7.97. The Balaban J connectivity index is 1.71. The number of aromatic nitrogens is 3. The molecule has 3 aromatic carbocycles. The second-order valence-electron chi connectivity index (χ2n) is 8.63. The van der Waals surface area contributed by atoms with Crippen molar-refractivity contribution in [3.05, 3.63) is 113 Å². The van der Waals surface area contributed by atoms with Gasteiger partial charge in [-0.15, -0.1) is 0 Å². The summed E-state index contributed by atoms with van der Waals surface area (Å²) in [7, 11) is 1.88. The van der Waals surface area contributed by atoms with E-state index in [0.29, 0.717) is 23.7 Å². The minimum absolute atomic E-state index is 0.458. The van der Waals surface area contributed by atoms with E-state index in [1.165, 1.54) is 0 Å². The molecule has 1 aliphatic rings. The van der Waals surface area contributed by atoms with Crippen LogP contribution in [-0.4, -0.2) is 26.2 Å². The molecule has 0 aliphatic carbocycles. The van der Waals surface area contributed by atoms with E-state index in [1.807, 2.05) is 84.5 Å².